The molecule has 0 fully saturated rings. The topological polar surface area (TPSA) is 26.3 Å². The Morgan fingerprint density at radius 2 is 1.79 bits per heavy atom. The van der Waals surface area contributed by atoms with Gasteiger partial charge in [0.1, 0.15) is 5.03 Å². The lowest BCUT2D eigenvalue weighted by Crippen LogP contribution is -2.01. The van der Waals surface area contributed by atoms with Crippen LogP contribution in [0.4, 0.5) is 0 Å². The molecule has 1 aliphatic rings. The van der Waals surface area contributed by atoms with Crippen LogP contribution in [0.1, 0.15) is 11.7 Å². The fourth-order valence-corrected chi connectivity index (χ4v) is 1.66. The quantitative estimate of drug-likeness (QED) is 0.692. The molecule has 0 bridgehead atoms. The highest BCUT2D eigenvalue weighted by Gasteiger charge is 2.32. The molecule has 2 rings (SSSR count). The highest BCUT2D eigenvalue weighted by molar-refractivity contribution is 6.48. The molecule has 0 saturated heterocycles. The van der Waals surface area contributed by atoms with Gasteiger partial charge in [0.05, 0.1) is 5.03 Å². The van der Waals surface area contributed by atoms with Gasteiger partial charge in [-0.25, -0.2) is 4.79 Å². The minimum Gasteiger partial charge on any atom is -0.447 e. The predicted molar refractivity (Wildman–Crippen MR) is 54.0 cm³/mol. The third kappa shape index (κ3) is 1.51. The molecule has 0 unspecified atom stereocenters. The highest BCUT2D eigenvalue weighted by atomic mass is 35.5. The van der Waals surface area contributed by atoms with Crippen molar-refractivity contribution in [1.82, 2.24) is 0 Å². The van der Waals surface area contributed by atoms with E-state index >= 15 is 0 Å². The van der Waals surface area contributed by atoms with E-state index in [0.29, 0.717) is 0 Å². The van der Waals surface area contributed by atoms with E-state index in [4.69, 9.17) is 27.9 Å². The fraction of sp³-hybridized carbons (Fsp3) is 0.100. The molecule has 1 aliphatic heterocycles. The van der Waals surface area contributed by atoms with Gasteiger partial charge in [0.25, 0.3) is 0 Å². The average molecular weight is 229 g/mol. The van der Waals surface area contributed by atoms with Crippen LogP contribution >= 0.6 is 23.2 Å². The van der Waals surface area contributed by atoms with Gasteiger partial charge in [-0.3, -0.25) is 0 Å². The Kier molecular flexibility index (Phi) is 2.48. The molecular formula is C10H6Cl2O2. The van der Waals surface area contributed by atoms with Gasteiger partial charge >= 0.3 is 5.97 Å². The summed E-state index contributed by atoms with van der Waals surface area (Å²) in [4.78, 5) is 11.1. The van der Waals surface area contributed by atoms with Gasteiger partial charge < -0.3 is 4.74 Å². The van der Waals surface area contributed by atoms with Gasteiger partial charge in [-0.05, 0) is 5.56 Å². The van der Waals surface area contributed by atoms with Crippen molar-refractivity contribution in [3.8, 4) is 0 Å². The van der Waals surface area contributed by atoms with Crippen LogP contribution in [-0.2, 0) is 9.53 Å². The molecule has 0 radical (unpaired) electrons. The predicted octanol–water partition coefficient (Wildman–Crippen LogP) is 2.97. The van der Waals surface area contributed by atoms with Crippen LogP contribution < -0.4 is 0 Å². The third-order valence-electron chi connectivity index (χ3n) is 1.95. The zero-order valence-corrected chi connectivity index (χ0v) is 8.55. The monoisotopic (exact) mass is 228 g/mol. The summed E-state index contributed by atoms with van der Waals surface area (Å²) in [5.74, 6) is -0.564. The standard InChI is InChI=1S/C10H6Cl2O2/c11-7-8(12)10(13)14-9(7)6-4-2-1-3-5-6/h1-5,9H/t9-/m1/s1. The number of cyclic esters (lactones) is 1. The first-order valence-corrected chi connectivity index (χ1v) is 4.77. The molecule has 1 aromatic carbocycles. The van der Waals surface area contributed by atoms with Crippen LogP contribution in [0, 0.1) is 0 Å². The van der Waals surface area contributed by atoms with Crippen LogP contribution in [0.5, 0.6) is 0 Å². The summed E-state index contributed by atoms with van der Waals surface area (Å²) in [5.41, 5.74) is 0.821. The van der Waals surface area contributed by atoms with Crippen LogP contribution in [0.25, 0.3) is 0 Å². The molecule has 2 nitrogen and oxygen atoms in total. The maximum atomic E-state index is 11.1. The van der Waals surface area contributed by atoms with E-state index < -0.39 is 12.1 Å². The van der Waals surface area contributed by atoms with Gasteiger partial charge in [0.2, 0.25) is 0 Å². The van der Waals surface area contributed by atoms with E-state index in [9.17, 15) is 4.79 Å². The Morgan fingerprint density at radius 3 is 2.29 bits per heavy atom. The maximum Gasteiger partial charge on any atom is 0.352 e. The molecule has 14 heavy (non-hydrogen) atoms. The summed E-state index contributed by atoms with van der Waals surface area (Å²) in [6.45, 7) is 0. The van der Waals surface area contributed by atoms with Gasteiger partial charge in [0.15, 0.2) is 6.10 Å². The van der Waals surface area contributed by atoms with E-state index in [2.05, 4.69) is 0 Å². The summed E-state index contributed by atoms with van der Waals surface area (Å²) in [7, 11) is 0. The number of carbonyl (C=O) groups excluding carboxylic acids is 1. The third-order valence-corrected chi connectivity index (χ3v) is 2.79. The molecule has 1 heterocycles. The van der Waals surface area contributed by atoms with Crippen LogP contribution in [0.2, 0.25) is 0 Å². The first kappa shape index (κ1) is 9.56. The number of benzene rings is 1. The molecular weight excluding hydrogens is 223 g/mol. The number of ether oxygens (including phenoxy) is 1. The van der Waals surface area contributed by atoms with Crippen molar-refractivity contribution in [2.75, 3.05) is 0 Å². The Labute approximate surface area is 91.1 Å². The minimum atomic E-state index is -0.564. The SMILES string of the molecule is O=C1O[C@H](c2ccccc2)C(Cl)=C1Cl. The van der Waals surface area contributed by atoms with E-state index in [0.717, 1.165) is 5.56 Å². The van der Waals surface area contributed by atoms with E-state index in [-0.39, 0.29) is 10.1 Å². The number of carbonyl (C=O) groups is 1. The Morgan fingerprint density at radius 1 is 1.14 bits per heavy atom. The Hall–Kier alpha value is -0.990. The molecule has 0 saturated carbocycles. The molecule has 0 aliphatic carbocycles. The largest absolute Gasteiger partial charge is 0.447 e. The highest BCUT2D eigenvalue weighted by Crippen LogP contribution is 2.38. The number of rotatable bonds is 1. The fourth-order valence-electron chi connectivity index (χ4n) is 1.27. The van der Waals surface area contributed by atoms with Crippen molar-refractivity contribution < 1.29 is 9.53 Å². The van der Waals surface area contributed by atoms with Gasteiger partial charge in [0, 0.05) is 0 Å². The van der Waals surface area contributed by atoms with Crippen molar-refractivity contribution in [3.05, 3.63) is 46.0 Å². The molecule has 1 aromatic rings. The summed E-state index contributed by atoms with van der Waals surface area (Å²) in [6.07, 6.45) is -0.544. The van der Waals surface area contributed by atoms with Crippen LogP contribution in [-0.4, -0.2) is 5.97 Å². The summed E-state index contributed by atoms with van der Waals surface area (Å²) >= 11 is 11.5. The molecule has 1 atom stereocenters. The van der Waals surface area contributed by atoms with Crippen molar-refractivity contribution in [1.29, 1.82) is 0 Å². The normalized spacial score (nSPS) is 21.3. The number of hydrogen-bond acceptors (Lipinski definition) is 2. The zero-order chi connectivity index (χ0) is 10.1. The van der Waals surface area contributed by atoms with E-state index in [1.54, 1.807) is 0 Å². The number of esters is 1. The van der Waals surface area contributed by atoms with Crippen molar-refractivity contribution in [3.63, 3.8) is 0 Å². The van der Waals surface area contributed by atoms with E-state index in [1.807, 2.05) is 30.3 Å². The molecule has 0 aromatic heterocycles. The second-order valence-electron chi connectivity index (χ2n) is 2.86. The number of halogens is 2. The van der Waals surface area contributed by atoms with E-state index in [1.165, 1.54) is 0 Å². The summed E-state index contributed by atoms with van der Waals surface area (Å²) in [5, 5.41) is 0.225. The molecule has 4 heteroatoms. The van der Waals surface area contributed by atoms with Gasteiger partial charge in [-0.15, -0.1) is 0 Å². The van der Waals surface area contributed by atoms with Crippen LogP contribution in [0.15, 0.2) is 40.4 Å². The smallest absolute Gasteiger partial charge is 0.352 e. The van der Waals surface area contributed by atoms with Gasteiger partial charge in [-0.2, -0.15) is 0 Å². The second kappa shape index (κ2) is 3.64. The lowest BCUT2D eigenvalue weighted by molar-refractivity contribution is -0.139. The average Bonchev–Trinajstić information content (AvgIpc) is 2.47. The van der Waals surface area contributed by atoms with Crippen molar-refractivity contribution in [2.24, 2.45) is 0 Å². The van der Waals surface area contributed by atoms with Crippen molar-refractivity contribution in [2.45, 2.75) is 6.10 Å². The maximum absolute atomic E-state index is 11.1. The molecule has 0 spiro atoms. The van der Waals surface area contributed by atoms with Crippen molar-refractivity contribution >= 4 is 29.2 Å². The molecule has 0 amide bonds. The number of hydrogen-bond donors (Lipinski definition) is 0. The summed E-state index contributed by atoms with van der Waals surface area (Å²) < 4.78 is 5.00. The lowest BCUT2D eigenvalue weighted by Gasteiger charge is -2.09. The van der Waals surface area contributed by atoms with Crippen LogP contribution in [0.3, 0.4) is 0 Å². The Bertz CT molecular complexity index is 398. The second-order valence-corrected chi connectivity index (χ2v) is 3.64. The lowest BCUT2D eigenvalue weighted by atomic mass is 10.1. The van der Waals surface area contributed by atoms with Gasteiger partial charge in [-0.1, -0.05) is 53.5 Å². The first-order chi connectivity index (χ1) is 6.70. The summed E-state index contributed by atoms with van der Waals surface area (Å²) in [6, 6.07) is 9.23. The minimum absolute atomic E-state index is 0.0273. The molecule has 0 N–H and O–H groups in total. The first-order valence-electron chi connectivity index (χ1n) is 4.01. The zero-order valence-electron chi connectivity index (χ0n) is 7.04. The molecule has 72 valence electrons. The Balaban J connectivity index is 2.36.